The number of benzene rings is 2. The monoisotopic (exact) mass is 439 g/mol. The predicted molar refractivity (Wildman–Crippen MR) is 124 cm³/mol. The number of thioether (sulfide) groups is 1. The molecule has 0 aliphatic carbocycles. The summed E-state index contributed by atoms with van der Waals surface area (Å²) in [6.07, 6.45) is 1.77. The number of methoxy groups -OCH3 is 1. The number of carbonyl (C=O) groups excluding carboxylic acids is 2. The summed E-state index contributed by atoms with van der Waals surface area (Å²) in [5, 5.41) is 6.02. The molecular formula is C23H25N3O4S. The van der Waals surface area contributed by atoms with Crippen LogP contribution in [0.2, 0.25) is 0 Å². The fraction of sp³-hybridized carbons (Fsp3) is 0.261. The van der Waals surface area contributed by atoms with Gasteiger partial charge in [0.1, 0.15) is 0 Å². The van der Waals surface area contributed by atoms with Crippen LogP contribution < -0.4 is 20.1 Å². The van der Waals surface area contributed by atoms with E-state index in [0.29, 0.717) is 28.1 Å². The van der Waals surface area contributed by atoms with E-state index in [4.69, 9.17) is 9.47 Å². The van der Waals surface area contributed by atoms with Crippen LogP contribution in [-0.4, -0.2) is 37.2 Å². The third kappa shape index (κ3) is 5.88. The maximum atomic E-state index is 12.4. The topological polar surface area (TPSA) is 89.0 Å². The van der Waals surface area contributed by atoms with Gasteiger partial charge >= 0.3 is 0 Å². The number of aliphatic imine (C=N–C) groups is 1. The van der Waals surface area contributed by atoms with E-state index in [-0.39, 0.29) is 18.4 Å². The van der Waals surface area contributed by atoms with Gasteiger partial charge in [-0.2, -0.15) is 0 Å². The lowest BCUT2D eigenvalue weighted by Gasteiger charge is -2.11. The Morgan fingerprint density at radius 2 is 2.00 bits per heavy atom. The van der Waals surface area contributed by atoms with Gasteiger partial charge in [0.25, 0.3) is 11.8 Å². The molecule has 0 unspecified atom stereocenters. The van der Waals surface area contributed by atoms with Crippen LogP contribution in [0, 0.1) is 13.8 Å². The normalized spacial score (nSPS) is 15.8. The van der Waals surface area contributed by atoms with E-state index < -0.39 is 0 Å². The zero-order valence-electron chi connectivity index (χ0n) is 17.9. The third-order valence-corrected chi connectivity index (χ3v) is 5.37. The molecule has 1 aliphatic heterocycles. The number of carbonyl (C=O) groups is 2. The van der Waals surface area contributed by atoms with Gasteiger partial charge in [0.15, 0.2) is 23.3 Å². The van der Waals surface area contributed by atoms with Gasteiger partial charge in [-0.25, -0.2) is 4.99 Å². The Kier molecular flexibility index (Phi) is 7.36. The van der Waals surface area contributed by atoms with Crippen molar-refractivity contribution in [1.82, 2.24) is 10.6 Å². The molecule has 8 heteroatoms. The first-order valence-electron chi connectivity index (χ1n) is 9.84. The molecular weight excluding hydrogens is 414 g/mol. The van der Waals surface area contributed by atoms with Crippen LogP contribution in [0.25, 0.3) is 6.08 Å². The highest BCUT2D eigenvalue weighted by molar-refractivity contribution is 8.18. The van der Waals surface area contributed by atoms with E-state index in [1.807, 2.05) is 39.0 Å². The first kappa shape index (κ1) is 22.4. The molecule has 2 amide bonds. The fourth-order valence-corrected chi connectivity index (χ4v) is 3.70. The number of amides is 2. The highest BCUT2D eigenvalue weighted by atomic mass is 32.2. The number of ether oxygens (including phenoxy) is 2. The van der Waals surface area contributed by atoms with Crippen molar-refractivity contribution in [1.29, 1.82) is 0 Å². The quantitative estimate of drug-likeness (QED) is 0.642. The highest BCUT2D eigenvalue weighted by Crippen LogP contribution is 2.32. The van der Waals surface area contributed by atoms with Crippen molar-refractivity contribution in [3.8, 4) is 11.5 Å². The first-order valence-corrected chi connectivity index (χ1v) is 10.7. The molecule has 0 saturated carbocycles. The summed E-state index contributed by atoms with van der Waals surface area (Å²) in [4.78, 5) is 29.1. The van der Waals surface area contributed by atoms with Crippen LogP contribution >= 0.6 is 11.8 Å². The zero-order valence-corrected chi connectivity index (χ0v) is 18.8. The number of likely N-dealkylation sites (N-methyl/N-ethyl adjacent to an activating group) is 1. The summed E-state index contributed by atoms with van der Waals surface area (Å²) in [6.45, 7) is 6.28. The number of nitrogens with one attached hydrogen (secondary N) is 2. The number of hydrogen-bond donors (Lipinski definition) is 2. The average Bonchev–Trinajstić information content (AvgIpc) is 3.08. The van der Waals surface area contributed by atoms with E-state index in [9.17, 15) is 9.59 Å². The molecule has 0 bridgehead atoms. The lowest BCUT2D eigenvalue weighted by atomic mass is 10.1. The molecule has 3 rings (SSSR count). The summed E-state index contributed by atoms with van der Waals surface area (Å²) in [7, 11) is 1.53. The van der Waals surface area contributed by atoms with Gasteiger partial charge in [-0.3, -0.25) is 9.59 Å². The molecule has 31 heavy (non-hydrogen) atoms. The minimum atomic E-state index is -0.204. The van der Waals surface area contributed by atoms with Gasteiger partial charge < -0.3 is 20.1 Å². The molecule has 1 heterocycles. The Hall–Kier alpha value is -3.26. The van der Waals surface area contributed by atoms with Gasteiger partial charge in [-0.1, -0.05) is 18.2 Å². The van der Waals surface area contributed by atoms with Gasteiger partial charge in [0, 0.05) is 6.54 Å². The number of amidine groups is 1. The Bertz CT molecular complexity index is 1060. The van der Waals surface area contributed by atoms with E-state index >= 15 is 0 Å². The highest BCUT2D eigenvalue weighted by Gasteiger charge is 2.24. The summed E-state index contributed by atoms with van der Waals surface area (Å²) < 4.78 is 10.9. The van der Waals surface area contributed by atoms with Crippen LogP contribution in [0.3, 0.4) is 0 Å². The molecule has 1 aliphatic rings. The lowest BCUT2D eigenvalue weighted by molar-refractivity contribution is -0.123. The predicted octanol–water partition coefficient (Wildman–Crippen LogP) is 3.72. The van der Waals surface area contributed by atoms with Crippen molar-refractivity contribution in [2.75, 3.05) is 20.3 Å². The summed E-state index contributed by atoms with van der Waals surface area (Å²) in [5.41, 5.74) is 3.75. The summed E-state index contributed by atoms with van der Waals surface area (Å²) in [5.74, 6) is 0.526. The van der Waals surface area contributed by atoms with Gasteiger partial charge in [0.2, 0.25) is 0 Å². The molecule has 2 aromatic rings. The molecule has 0 aromatic heterocycles. The Balaban J connectivity index is 1.76. The van der Waals surface area contributed by atoms with E-state index in [0.717, 1.165) is 22.4 Å². The van der Waals surface area contributed by atoms with Crippen LogP contribution in [0.5, 0.6) is 11.5 Å². The van der Waals surface area contributed by atoms with Crippen LogP contribution in [0.4, 0.5) is 5.69 Å². The van der Waals surface area contributed by atoms with E-state index in [1.54, 1.807) is 24.3 Å². The SMILES string of the molecule is CCNC(=O)COc1ccc(/C=C2\SC(=Nc3cc(C)ccc3C)NC2=O)cc1OC. The van der Waals surface area contributed by atoms with Crippen LogP contribution in [0.15, 0.2) is 46.3 Å². The smallest absolute Gasteiger partial charge is 0.264 e. The number of nitrogens with zero attached hydrogens (tertiary/aromatic N) is 1. The Labute approximate surface area is 185 Å². The van der Waals surface area contributed by atoms with Crippen LogP contribution in [-0.2, 0) is 9.59 Å². The second kappa shape index (κ2) is 10.2. The molecule has 2 aromatic carbocycles. The van der Waals surface area contributed by atoms with Crippen molar-refractivity contribution in [3.05, 3.63) is 58.0 Å². The molecule has 162 valence electrons. The second-order valence-corrected chi connectivity index (χ2v) is 7.95. The van der Waals surface area contributed by atoms with Crippen molar-refractivity contribution in [3.63, 3.8) is 0 Å². The van der Waals surface area contributed by atoms with Gasteiger partial charge in [0.05, 0.1) is 17.7 Å². The van der Waals surface area contributed by atoms with E-state index in [1.165, 1.54) is 18.9 Å². The second-order valence-electron chi connectivity index (χ2n) is 6.92. The largest absolute Gasteiger partial charge is 0.493 e. The molecule has 7 nitrogen and oxygen atoms in total. The van der Waals surface area contributed by atoms with E-state index in [2.05, 4.69) is 15.6 Å². The summed E-state index contributed by atoms with van der Waals surface area (Å²) >= 11 is 1.29. The molecule has 0 atom stereocenters. The number of hydrogen-bond acceptors (Lipinski definition) is 6. The minimum Gasteiger partial charge on any atom is -0.493 e. The van der Waals surface area contributed by atoms with Crippen molar-refractivity contribution in [2.45, 2.75) is 20.8 Å². The Morgan fingerprint density at radius 1 is 1.19 bits per heavy atom. The number of rotatable bonds is 7. The number of aryl methyl sites for hydroxylation is 2. The van der Waals surface area contributed by atoms with Crippen molar-refractivity contribution < 1.29 is 19.1 Å². The zero-order chi connectivity index (χ0) is 22.4. The van der Waals surface area contributed by atoms with Crippen molar-refractivity contribution >= 4 is 40.5 Å². The maximum absolute atomic E-state index is 12.4. The van der Waals surface area contributed by atoms with Crippen LogP contribution in [0.1, 0.15) is 23.6 Å². The fourth-order valence-electron chi connectivity index (χ4n) is 2.87. The molecule has 2 N–H and O–H groups in total. The Morgan fingerprint density at radius 3 is 2.74 bits per heavy atom. The average molecular weight is 440 g/mol. The summed E-state index contributed by atoms with van der Waals surface area (Å²) in [6, 6.07) is 11.3. The third-order valence-electron chi connectivity index (χ3n) is 4.46. The van der Waals surface area contributed by atoms with Gasteiger partial charge in [-0.15, -0.1) is 0 Å². The molecule has 0 radical (unpaired) electrons. The first-order chi connectivity index (χ1) is 14.9. The minimum absolute atomic E-state index is 0.0961. The molecule has 0 spiro atoms. The molecule has 1 fully saturated rings. The maximum Gasteiger partial charge on any atom is 0.264 e. The van der Waals surface area contributed by atoms with Crippen molar-refractivity contribution in [2.24, 2.45) is 4.99 Å². The lowest BCUT2D eigenvalue weighted by Crippen LogP contribution is -2.28. The molecule has 1 saturated heterocycles. The standard InChI is InChI=1S/C23H25N3O4S/c1-5-24-21(27)13-30-18-9-8-16(11-19(18)29-4)12-20-22(28)26-23(31-20)25-17-10-14(2)6-7-15(17)3/h6-12H,5,13H2,1-4H3,(H,24,27)(H,25,26,28)/b20-12-. The van der Waals surface area contributed by atoms with Gasteiger partial charge in [-0.05, 0) is 73.5 Å².